The molecule has 0 radical (unpaired) electrons. The second-order valence-corrected chi connectivity index (χ2v) is 7.78. The fourth-order valence-corrected chi connectivity index (χ4v) is 3.65. The lowest BCUT2D eigenvalue weighted by atomic mass is 9.85. The van der Waals surface area contributed by atoms with Gasteiger partial charge in [0, 0.05) is 4.92 Å². The molecule has 2 aromatic carbocycles. The zero-order valence-corrected chi connectivity index (χ0v) is 15.7. The number of hydrogen-bond acceptors (Lipinski definition) is 5. The summed E-state index contributed by atoms with van der Waals surface area (Å²) in [5.74, 6) is -1.09. The van der Waals surface area contributed by atoms with Crippen LogP contribution in [0.1, 0.15) is 43.9 Å². The third-order valence-corrected chi connectivity index (χ3v) is 4.67. The Balaban J connectivity index is 2.05. The molecule has 4 atom stereocenters. The van der Waals surface area contributed by atoms with Crippen LogP contribution < -0.4 is 5.32 Å². The second-order valence-electron chi connectivity index (χ2n) is 7.78. The minimum absolute atomic E-state index is 0.285. The van der Waals surface area contributed by atoms with E-state index in [2.05, 4.69) is 5.32 Å². The Bertz CT molecular complexity index is 802. The number of esters is 1. The number of nitrogens with one attached hydrogen (secondary N) is 1. The molecule has 1 aliphatic rings. The lowest BCUT2D eigenvalue weighted by Crippen LogP contribution is -2.41. The first-order valence-electron chi connectivity index (χ1n) is 9.00. The molecule has 1 saturated heterocycles. The molecule has 0 aromatic heterocycles. The number of hydrogen-bond donors (Lipinski definition) is 1. The largest absolute Gasteiger partial charge is 0.459 e. The van der Waals surface area contributed by atoms with Gasteiger partial charge in [-0.1, -0.05) is 60.7 Å². The number of ether oxygens (including phenoxy) is 1. The molecule has 6 heteroatoms. The molecule has 1 N–H and O–H groups in total. The number of rotatable bonds is 4. The van der Waals surface area contributed by atoms with E-state index in [1.165, 1.54) is 0 Å². The zero-order valence-electron chi connectivity index (χ0n) is 15.7. The molecule has 1 fully saturated rings. The Morgan fingerprint density at radius 1 is 1.00 bits per heavy atom. The molecule has 0 aliphatic carbocycles. The molecule has 1 heterocycles. The van der Waals surface area contributed by atoms with Gasteiger partial charge >= 0.3 is 5.97 Å². The molecule has 6 nitrogen and oxygen atoms in total. The summed E-state index contributed by atoms with van der Waals surface area (Å²) >= 11 is 0. The Kier molecular flexibility index (Phi) is 5.28. The molecule has 0 saturated carbocycles. The van der Waals surface area contributed by atoms with Crippen LogP contribution in [0.4, 0.5) is 0 Å². The lowest BCUT2D eigenvalue weighted by Gasteiger charge is -2.25. The maximum absolute atomic E-state index is 12.9. The molecule has 3 rings (SSSR count). The fraction of sp³-hybridized carbons (Fsp3) is 0.381. The van der Waals surface area contributed by atoms with Crippen molar-refractivity contribution in [3.63, 3.8) is 0 Å². The lowest BCUT2D eigenvalue weighted by molar-refractivity contribution is -0.527. The summed E-state index contributed by atoms with van der Waals surface area (Å²) in [6.07, 6.45) is 0. The van der Waals surface area contributed by atoms with Gasteiger partial charge < -0.3 is 4.74 Å². The topological polar surface area (TPSA) is 81.5 Å². The highest BCUT2D eigenvalue weighted by atomic mass is 16.6. The number of nitrogens with zero attached hydrogens (tertiary/aromatic N) is 1. The predicted octanol–water partition coefficient (Wildman–Crippen LogP) is 3.47. The number of carbonyl (C=O) groups excluding carboxylic acids is 1. The van der Waals surface area contributed by atoms with Crippen molar-refractivity contribution in [3.05, 3.63) is 81.9 Å². The van der Waals surface area contributed by atoms with Gasteiger partial charge in [0.25, 0.3) is 0 Å². The minimum Gasteiger partial charge on any atom is -0.459 e. The number of carbonyl (C=O) groups is 1. The van der Waals surface area contributed by atoms with E-state index in [9.17, 15) is 14.9 Å². The third kappa shape index (κ3) is 4.17. The molecule has 0 unspecified atom stereocenters. The van der Waals surface area contributed by atoms with Crippen LogP contribution in [0.5, 0.6) is 0 Å². The van der Waals surface area contributed by atoms with E-state index in [4.69, 9.17) is 4.74 Å². The Morgan fingerprint density at radius 2 is 1.52 bits per heavy atom. The first-order valence-corrected chi connectivity index (χ1v) is 9.00. The van der Waals surface area contributed by atoms with Gasteiger partial charge in [-0.05, 0) is 31.9 Å². The van der Waals surface area contributed by atoms with Crippen LogP contribution in [-0.4, -0.2) is 28.6 Å². The van der Waals surface area contributed by atoms with E-state index in [1.807, 2.05) is 60.7 Å². The monoisotopic (exact) mass is 368 g/mol. The highest BCUT2D eigenvalue weighted by Gasteiger charge is 2.55. The summed E-state index contributed by atoms with van der Waals surface area (Å²) in [4.78, 5) is 24.6. The van der Waals surface area contributed by atoms with Crippen LogP contribution in [-0.2, 0) is 9.53 Å². The summed E-state index contributed by atoms with van der Waals surface area (Å²) in [5.41, 5.74) is 0.863. The SMILES string of the molecule is CC(C)(C)OC(=O)[C@@H]1N[C@H](c2ccccc2)[C@H]([N+](=O)[O-])[C@H]1c1ccccc1. The van der Waals surface area contributed by atoms with Gasteiger partial charge in [0.1, 0.15) is 17.7 Å². The molecule has 142 valence electrons. The van der Waals surface area contributed by atoms with Crippen LogP contribution in [0.3, 0.4) is 0 Å². The zero-order chi connectivity index (χ0) is 19.6. The summed E-state index contributed by atoms with van der Waals surface area (Å²) in [7, 11) is 0. The van der Waals surface area contributed by atoms with Gasteiger partial charge in [-0.2, -0.15) is 0 Å². The average molecular weight is 368 g/mol. The maximum Gasteiger partial charge on any atom is 0.324 e. The highest BCUT2D eigenvalue weighted by Crippen LogP contribution is 2.40. The van der Waals surface area contributed by atoms with Crippen LogP contribution >= 0.6 is 0 Å². The van der Waals surface area contributed by atoms with Crippen molar-refractivity contribution in [2.24, 2.45) is 0 Å². The van der Waals surface area contributed by atoms with Crippen molar-refractivity contribution >= 4 is 5.97 Å². The first kappa shape index (κ1) is 19.0. The minimum atomic E-state index is -0.979. The maximum atomic E-state index is 12.9. The van der Waals surface area contributed by atoms with Crippen LogP contribution in [0, 0.1) is 10.1 Å². The van der Waals surface area contributed by atoms with Crippen LogP contribution in [0.15, 0.2) is 60.7 Å². The van der Waals surface area contributed by atoms with E-state index in [1.54, 1.807) is 20.8 Å². The van der Waals surface area contributed by atoms with Gasteiger partial charge in [0.05, 0.1) is 5.92 Å². The van der Waals surface area contributed by atoms with Gasteiger partial charge in [0.15, 0.2) is 0 Å². The quantitative estimate of drug-likeness (QED) is 0.508. The van der Waals surface area contributed by atoms with Crippen LogP contribution in [0.2, 0.25) is 0 Å². The fourth-order valence-electron chi connectivity index (χ4n) is 3.65. The highest BCUT2D eigenvalue weighted by molar-refractivity contribution is 5.78. The predicted molar refractivity (Wildman–Crippen MR) is 102 cm³/mol. The van der Waals surface area contributed by atoms with Gasteiger partial charge in [0.2, 0.25) is 6.04 Å². The van der Waals surface area contributed by atoms with Crippen LogP contribution in [0.25, 0.3) is 0 Å². The Labute approximate surface area is 158 Å². The molecule has 27 heavy (non-hydrogen) atoms. The number of nitro groups is 1. The standard InChI is InChI=1S/C21H24N2O4/c1-21(2,3)27-20(24)18-16(14-10-6-4-7-11-14)19(23(25)26)17(22-18)15-12-8-5-9-13-15/h4-13,16-19,22H,1-3H3/t16-,17+,18+,19+/m0/s1. The summed E-state index contributed by atoms with van der Waals surface area (Å²) in [6.45, 7) is 5.37. The normalized spacial score (nSPS) is 25.1. The summed E-state index contributed by atoms with van der Waals surface area (Å²) < 4.78 is 5.56. The molecular formula is C21H24N2O4. The van der Waals surface area contributed by atoms with E-state index < -0.39 is 35.6 Å². The van der Waals surface area contributed by atoms with Crippen molar-refractivity contribution in [3.8, 4) is 0 Å². The Morgan fingerprint density at radius 3 is 2.00 bits per heavy atom. The van der Waals surface area contributed by atoms with Gasteiger partial charge in [-0.15, -0.1) is 0 Å². The second kappa shape index (κ2) is 7.48. The Hall–Kier alpha value is -2.73. The van der Waals surface area contributed by atoms with Crippen molar-refractivity contribution in [2.75, 3.05) is 0 Å². The molecule has 2 aromatic rings. The van der Waals surface area contributed by atoms with E-state index >= 15 is 0 Å². The van der Waals surface area contributed by atoms with E-state index in [0.29, 0.717) is 0 Å². The molecule has 0 bridgehead atoms. The average Bonchev–Trinajstić information content (AvgIpc) is 3.03. The van der Waals surface area contributed by atoms with E-state index in [0.717, 1.165) is 11.1 Å². The van der Waals surface area contributed by atoms with Crippen molar-refractivity contribution in [1.82, 2.24) is 5.32 Å². The molecule has 1 aliphatic heterocycles. The van der Waals surface area contributed by atoms with Gasteiger partial charge in [-0.3, -0.25) is 20.2 Å². The first-order chi connectivity index (χ1) is 12.8. The van der Waals surface area contributed by atoms with Gasteiger partial charge in [-0.25, -0.2) is 0 Å². The van der Waals surface area contributed by atoms with Crippen molar-refractivity contribution in [1.29, 1.82) is 0 Å². The molecule has 0 amide bonds. The summed E-state index contributed by atoms with van der Waals surface area (Å²) in [6, 6.07) is 16.0. The van der Waals surface area contributed by atoms with Crippen molar-refractivity contribution in [2.45, 2.75) is 50.4 Å². The smallest absolute Gasteiger partial charge is 0.324 e. The third-order valence-electron chi connectivity index (χ3n) is 4.67. The summed E-state index contributed by atoms with van der Waals surface area (Å²) in [5, 5.41) is 15.2. The van der Waals surface area contributed by atoms with E-state index in [-0.39, 0.29) is 4.92 Å². The molecular weight excluding hydrogens is 344 g/mol. The molecule has 0 spiro atoms. The van der Waals surface area contributed by atoms with Crippen molar-refractivity contribution < 1.29 is 14.5 Å². The number of benzene rings is 2.